The summed E-state index contributed by atoms with van der Waals surface area (Å²) in [5.41, 5.74) is 2.03. The van der Waals surface area contributed by atoms with E-state index in [9.17, 15) is 0 Å². The van der Waals surface area contributed by atoms with E-state index < -0.39 is 0 Å². The normalized spacial score (nSPS) is 20.6. The van der Waals surface area contributed by atoms with Gasteiger partial charge in [-0.25, -0.2) is 9.97 Å². The van der Waals surface area contributed by atoms with Gasteiger partial charge in [-0.3, -0.25) is 0 Å². The molecule has 2 rings (SSSR count). The van der Waals surface area contributed by atoms with Crippen LogP contribution in [0.5, 0.6) is 0 Å². The molecule has 1 N–H and O–H groups in total. The van der Waals surface area contributed by atoms with Gasteiger partial charge in [-0.05, 0) is 45.6 Å². The molecule has 0 aromatic carbocycles. The Bertz CT molecular complexity index is 359. The van der Waals surface area contributed by atoms with Crippen molar-refractivity contribution in [1.82, 2.24) is 9.97 Å². The molecule has 0 amide bonds. The summed E-state index contributed by atoms with van der Waals surface area (Å²) in [4.78, 5) is 11.3. The van der Waals surface area contributed by atoms with Crippen molar-refractivity contribution in [3.05, 3.63) is 17.5 Å². The van der Waals surface area contributed by atoms with Gasteiger partial charge < -0.3 is 10.0 Å². The summed E-state index contributed by atoms with van der Waals surface area (Å²) < 4.78 is 0. The van der Waals surface area contributed by atoms with Crippen LogP contribution in [0.25, 0.3) is 0 Å². The topological polar surface area (TPSA) is 49.2 Å². The zero-order chi connectivity index (χ0) is 12.3. The van der Waals surface area contributed by atoms with Crippen LogP contribution >= 0.6 is 0 Å². The molecule has 0 radical (unpaired) electrons. The number of nitrogens with zero attached hydrogens (tertiary/aromatic N) is 3. The van der Waals surface area contributed by atoms with Crippen molar-refractivity contribution in [3.8, 4) is 0 Å². The van der Waals surface area contributed by atoms with Gasteiger partial charge >= 0.3 is 0 Å². The summed E-state index contributed by atoms with van der Waals surface area (Å²) in [5.74, 6) is 0.834. The molecule has 94 valence electrons. The molecule has 1 saturated heterocycles. The lowest BCUT2D eigenvalue weighted by atomic mass is 10.0. The van der Waals surface area contributed by atoms with Crippen molar-refractivity contribution in [2.24, 2.45) is 0 Å². The van der Waals surface area contributed by atoms with Crippen molar-refractivity contribution in [2.75, 3.05) is 18.1 Å². The highest BCUT2D eigenvalue weighted by atomic mass is 16.3. The molecule has 17 heavy (non-hydrogen) atoms. The van der Waals surface area contributed by atoms with Crippen molar-refractivity contribution in [2.45, 2.75) is 45.6 Å². The minimum absolute atomic E-state index is 0.242. The number of aliphatic hydroxyl groups excluding tert-OH is 1. The second kappa shape index (κ2) is 5.45. The lowest BCUT2D eigenvalue weighted by Crippen LogP contribution is -2.41. The number of hydrogen-bond donors (Lipinski definition) is 1. The Labute approximate surface area is 103 Å². The van der Waals surface area contributed by atoms with E-state index in [1.807, 2.05) is 19.9 Å². The Kier molecular flexibility index (Phi) is 3.94. The third-order valence-electron chi connectivity index (χ3n) is 3.32. The average Bonchev–Trinajstić information content (AvgIpc) is 2.29. The fraction of sp³-hybridized carbons (Fsp3) is 0.692. The molecule has 1 aliphatic heterocycles. The molecule has 2 heterocycles. The average molecular weight is 235 g/mol. The molecular weight excluding hydrogens is 214 g/mol. The van der Waals surface area contributed by atoms with E-state index in [0.717, 1.165) is 36.7 Å². The van der Waals surface area contributed by atoms with Crippen LogP contribution in [0.2, 0.25) is 0 Å². The molecule has 1 aromatic heterocycles. The zero-order valence-corrected chi connectivity index (χ0v) is 10.7. The first-order valence-corrected chi connectivity index (χ1v) is 6.40. The van der Waals surface area contributed by atoms with Crippen molar-refractivity contribution >= 4 is 5.95 Å². The molecule has 4 heteroatoms. The predicted molar refractivity (Wildman–Crippen MR) is 68.2 cm³/mol. The number of anilines is 1. The van der Waals surface area contributed by atoms with Crippen LogP contribution in [-0.2, 0) is 0 Å². The zero-order valence-electron chi connectivity index (χ0n) is 10.7. The van der Waals surface area contributed by atoms with Crippen LogP contribution in [0.1, 0.15) is 37.1 Å². The van der Waals surface area contributed by atoms with Crippen molar-refractivity contribution in [3.63, 3.8) is 0 Å². The van der Waals surface area contributed by atoms with E-state index in [2.05, 4.69) is 14.9 Å². The number of aromatic nitrogens is 2. The molecule has 4 nitrogen and oxygen atoms in total. The molecule has 0 spiro atoms. The first-order valence-electron chi connectivity index (χ1n) is 6.40. The minimum Gasteiger partial charge on any atom is -0.396 e. The van der Waals surface area contributed by atoms with Gasteiger partial charge in [0.15, 0.2) is 0 Å². The van der Waals surface area contributed by atoms with Crippen LogP contribution < -0.4 is 4.90 Å². The van der Waals surface area contributed by atoms with Crippen LogP contribution in [0.4, 0.5) is 5.95 Å². The smallest absolute Gasteiger partial charge is 0.226 e. The van der Waals surface area contributed by atoms with Gasteiger partial charge in [0.05, 0.1) is 0 Å². The fourth-order valence-electron chi connectivity index (χ4n) is 2.55. The molecule has 1 fully saturated rings. The second-order valence-corrected chi connectivity index (χ2v) is 4.81. The van der Waals surface area contributed by atoms with Gasteiger partial charge in [0.25, 0.3) is 0 Å². The van der Waals surface area contributed by atoms with E-state index in [-0.39, 0.29) is 6.61 Å². The predicted octanol–water partition coefficient (Wildman–Crippen LogP) is 1.83. The standard InChI is InChI=1S/C13H21N3O/c1-10-9-11(2)15-13(14-10)16-7-4-3-5-12(16)6-8-17/h9,12,17H,3-8H2,1-2H3. The molecule has 1 aromatic rings. The molecule has 0 bridgehead atoms. The molecule has 1 atom stereocenters. The number of rotatable bonds is 3. The lowest BCUT2D eigenvalue weighted by Gasteiger charge is -2.35. The van der Waals surface area contributed by atoms with E-state index >= 15 is 0 Å². The summed E-state index contributed by atoms with van der Waals surface area (Å²) in [6, 6.07) is 2.39. The lowest BCUT2D eigenvalue weighted by molar-refractivity contribution is 0.261. The Morgan fingerprint density at radius 1 is 1.29 bits per heavy atom. The highest BCUT2D eigenvalue weighted by molar-refractivity contribution is 5.34. The first kappa shape index (κ1) is 12.3. The highest BCUT2D eigenvalue weighted by Gasteiger charge is 2.24. The Morgan fingerprint density at radius 3 is 2.65 bits per heavy atom. The van der Waals surface area contributed by atoms with Crippen molar-refractivity contribution < 1.29 is 5.11 Å². The Morgan fingerprint density at radius 2 is 2.00 bits per heavy atom. The largest absolute Gasteiger partial charge is 0.396 e. The summed E-state index contributed by atoms with van der Waals surface area (Å²) in [5, 5.41) is 9.12. The number of piperidine rings is 1. The monoisotopic (exact) mass is 235 g/mol. The van der Waals surface area contributed by atoms with Crippen molar-refractivity contribution in [1.29, 1.82) is 0 Å². The molecule has 1 unspecified atom stereocenters. The van der Waals surface area contributed by atoms with Crippen LogP contribution in [0.15, 0.2) is 6.07 Å². The summed E-state index contributed by atoms with van der Waals surface area (Å²) in [6.07, 6.45) is 4.39. The maximum atomic E-state index is 9.12. The van der Waals surface area contributed by atoms with Gasteiger partial charge in [-0.1, -0.05) is 0 Å². The van der Waals surface area contributed by atoms with E-state index in [1.54, 1.807) is 0 Å². The van der Waals surface area contributed by atoms with Gasteiger partial charge in [0.2, 0.25) is 5.95 Å². The highest BCUT2D eigenvalue weighted by Crippen LogP contribution is 2.24. The number of aryl methyl sites for hydroxylation is 2. The van der Waals surface area contributed by atoms with E-state index in [4.69, 9.17) is 5.11 Å². The van der Waals surface area contributed by atoms with Gasteiger partial charge in [-0.2, -0.15) is 0 Å². The maximum Gasteiger partial charge on any atom is 0.226 e. The van der Waals surface area contributed by atoms with Gasteiger partial charge in [0, 0.05) is 30.6 Å². The third kappa shape index (κ3) is 2.94. The van der Waals surface area contributed by atoms with Crippen LogP contribution in [0.3, 0.4) is 0 Å². The van der Waals surface area contributed by atoms with Gasteiger partial charge in [0.1, 0.15) is 0 Å². The summed E-state index contributed by atoms with van der Waals surface area (Å²) >= 11 is 0. The Hall–Kier alpha value is -1.16. The molecule has 0 aliphatic carbocycles. The molecule has 1 aliphatic rings. The molecule has 0 saturated carbocycles. The minimum atomic E-state index is 0.242. The Balaban J connectivity index is 2.22. The van der Waals surface area contributed by atoms with E-state index in [0.29, 0.717) is 6.04 Å². The number of aliphatic hydroxyl groups is 1. The van der Waals surface area contributed by atoms with Crippen LogP contribution in [-0.4, -0.2) is 34.3 Å². The van der Waals surface area contributed by atoms with E-state index in [1.165, 1.54) is 12.8 Å². The first-order chi connectivity index (χ1) is 8.20. The fourth-order valence-corrected chi connectivity index (χ4v) is 2.55. The second-order valence-electron chi connectivity index (χ2n) is 4.81. The molecular formula is C13H21N3O. The summed E-state index contributed by atoms with van der Waals surface area (Å²) in [6.45, 7) is 5.26. The summed E-state index contributed by atoms with van der Waals surface area (Å²) in [7, 11) is 0. The number of hydrogen-bond acceptors (Lipinski definition) is 4. The third-order valence-corrected chi connectivity index (χ3v) is 3.32. The van der Waals surface area contributed by atoms with Gasteiger partial charge in [-0.15, -0.1) is 0 Å². The quantitative estimate of drug-likeness (QED) is 0.868. The van der Waals surface area contributed by atoms with Crippen LogP contribution in [0, 0.1) is 13.8 Å². The maximum absolute atomic E-state index is 9.12. The SMILES string of the molecule is Cc1cc(C)nc(N2CCCCC2CCO)n1.